The number of hydrogen-bond acceptors (Lipinski definition) is 3. The van der Waals surface area contributed by atoms with E-state index in [0.29, 0.717) is 0 Å². The lowest BCUT2D eigenvalue weighted by molar-refractivity contribution is 0.381. The summed E-state index contributed by atoms with van der Waals surface area (Å²) in [5.41, 5.74) is 8.31. The average Bonchev–Trinajstić information content (AvgIpc) is 3.05. The van der Waals surface area contributed by atoms with Gasteiger partial charge in [-0.2, -0.15) is 0 Å². The Bertz CT molecular complexity index is 423. The minimum atomic E-state index is -0.213. The van der Waals surface area contributed by atoms with Crippen LogP contribution in [-0.4, -0.2) is 14.2 Å². The molecule has 0 spiro atoms. The van der Waals surface area contributed by atoms with Crippen molar-refractivity contribution in [2.24, 2.45) is 5.73 Å². The van der Waals surface area contributed by atoms with Crippen molar-refractivity contribution < 1.29 is 9.47 Å². The number of hydrogen-bond donors (Lipinski definition) is 1. The first-order valence-electron chi connectivity index (χ1n) is 6.38. The average molecular weight is 249 g/mol. The summed E-state index contributed by atoms with van der Waals surface area (Å²) in [7, 11) is 3.40. The molecule has 0 radical (unpaired) electrons. The van der Waals surface area contributed by atoms with E-state index in [9.17, 15) is 0 Å². The molecule has 2 N–H and O–H groups in total. The second-order valence-electron chi connectivity index (χ2n) is 6.16. The van der Waals surface area contributed by atoms with Gasteiger partial charge in [-0.1, -0.05) is 20.8 Å². The molecular formula is C15H23NO2. The molecule has 0 atom stereocenters. The Hall–Kier alpha value is -1.22. The Labute approximate surface area is 109 Å². The molecule has 2 rings (SSSR count). The lowest BCUT2D eigenvalue weighted by Gasteiger charge is -2.25. The zero-order valence-corrected chi connectivity index (χ0v) is 12.0. The SMILES string of the molecule is COc1cc(C2(N)CC2)c(OC)cc1C(C)(C)C. The quantitative estimate of drug-likeness (QED) is 0.895. The topological polar surface area (TPSA) is 44.5 Å². The van der Waals surface area contributed by atoms with Gasteiger partial charge in [0.1, 0.15) is 11.5 Å². The molecule has 100 valence electrons. The van der Waals surface area contributed by atoms with Gasteiger partial charge in [-0.15, -0.1) is 0 Å². The van der Waals surface area contributed by atoms with Gasteiger partial charge in [0.2, 0.25) is 0 Å². The number of nitrogens with two attached hydrogens (primary N) is 1. The molecule has 3 heteroatoms. The summed E-state index contributed by atoms with van der Waals surface area (Å²) < 4.78 is 11.0. The summed E-state index contributed by atoms with van der Waals surface area (Å²) in [4.78, 5) is 0. The Kier molecular flexibility index (Phi) is 3.06. The third kappa shape index (κ3) is 2.19. The van der Waals surface area contributed by atoms with Crippen LogP contribution < -0.4 is 15.2 Å². The lowest BCUT2D eigenvalue weighted by Crippen LogP contribution is -2.21. The third-order valence-electron chi connectivity index (χ3n) is 3.65. The summed E-state index contributed by atoms with van der Waals surface area (Å²) in [6.07, 6.45) is 2.03. The molecule has 0 heterocycles. The van der Waals surface area contributed by atoms with Gasteiger partial charge in [-0.3, -0.25) is 0 Å². The molecule has 1 fully saturated rings. The van der Waals surface area contributed by atoms with Crippen LogP contribution in [0.2, 0.25) is 0 Å². The summed E-state index contributed by atoms with van der Waals surface area (Å²) >= 11 is 0. The van der Waals surface area contributed by atoms with Crippen molar-refractivity contribution in [3.63, 3.8) is 0 Å². The minimum absolute atomic E-state index is 0.0163. The highest BCUT2D eigenvalue weighted by atomic mass is 16.5. The maximum Gasteiger partial charge on any atom is 0.124 e. The molecule has 1 aliphatic rings. The van der Waals surface area contributed by atoms with Crippen LogP contribution in [0.25, 0.3) is 0 Å². The normalized spacial score (nSPS) is 17.4. The fourth-order valence-electron chi connectivity index (χ4n) is 2.28. The van der Waals surface area contributed by atoms with Crippen molar-refractivity contribution >= 4 is 0 Å². The minimum Gasteiger partial charge on any atom is -0.496 e. The van der Waals surface area contributed by atoms with E-state index in [1.54, 1.807) is 14.2 Å². The molecule has 1 aromatic carbocycles. The van der Waals surface area contributed by atoms with E-state index in [-0.39, 0.29) is 11.0 Å². The van der Waals surface area contributed by atoms with Crippen molar-refractivity contribution in [1.82, 2.24) is 0 Å². The standard InChI is InChI=1S/C15H23NO2/c1-14(2,3)10-8-13(18-5)11(9-12(10)17-4)15(16)6-7-15/h8-9H,6-7,16H2,1-5H3. The molecule has 0 amide bonds. The van der Waals surface area contributed by atoms with Crippen LogP contribution in [0.3, 0.4) is 0 Å². The van der Waals surface area contributed by atoms with E-state index in [1.165, 1.54) is 0 Å². The van der Waals surface area contributed by atoms with Gasteiger partial charge >= 0.3 is 0 Å². The zero-order valence-electron chi connectivity index (χ0n) is 12.0. The van der Waals surface area contributed by atoms with Gasteiger partial charge in [0.05, 0.1) is 14.2 Å². The van der Waals surface area contributed by atoms with E-state index in [4.69, 9.17) is 15.2 Å². The second-order valence-corrected chi connectivity index (χ2v) is 6.16. The van der Waals surface area contributed by atoms with Gasteiger partial charge in [0.15, 0.2) is 0 Å². The van der Waals surface area contributed by atoms with Crippen molar-refractivity contribution in [2.75, 3.05) is 14.2 Å². The molecule has 0 bridgehead atoms. The maximum atomic E-state index is 6.29. The van der Waals surface area contributed by atoms with E-state index in [2.05, 4.69) is 26.8 Å². The third-order valence-corrected chi connectivity index (χ3v) is 3.65. The fraction of sp³-hybridized carbons (Fsp3) is 0.600. The van der Waals surface area contributed by atoms with Crippen molar-refractivity contribution in [1.29, 1.82) is 0 Å². The van der Waals surface area contributed by atoms with E-state index >= 15 is 0 Å². The lowest BCUT2D eigenvalue weighted by atomic mass is 9.84. The molecule has 0 saturated heterocycles. The van der Waals surface area contributed by atoms with Crippen molar-refractivity contribution in [2.45, 2.75) is 44.6 Å². The zero-order chi connectivity index (χ0) is 13.6. The Morgan fingerprint density at radius 3 is 2.00 bits per heavy atom. The number of rotatable bonds is 3. The van der Waals surface area contributed by atoms with Gasteiger partial charge in [-0.05, 0) is 30.4 Å². The largest absolute Gasteiger partial charge is 0.496 e. The number of ether oxygens (including phenoxy) is 2. The van der Waals surface area contributed by atoms with Crippen molar-refractivity contribution in [3.05, 3.63) is 23.3 Å². The van der Waals surface area contributed by atoms with Gasteiger partial charge in [0, 0.05) is 16.7 Å². The Morgan fingerprint density at radius 1 is 1.06 bits per heavy atom. The van der Waals surface area contributed by atoms with E-state index in [0.717, 1.165) is 35.5 Å². The molecule has 0 aromatic heterocycles. The summed E-state index contributed by atoms with van der Waals surface area (Å²) in [5.74, 6) is 1.77. The van der Waals surface area contributed by atoms with Crippen LogP contribution in [0.15, 0.2) is 12.1 Å². The van der Waals surface area contributed by atoms with Gasteiger partial charge in [-0.25, -0.2) is 0 Å². The Balaban J connectivity index is 2.58. The van der Waals surface area contributed by atoms with Crippen LogP contribution in [0.4, 0.5) is 0 Å². The molecule has 0 unspecified atom stereocenters. The van der Waals surface area contributed by atoms with Gasteiger partial charge in [0.25, 0.3) is 0 Å². The molecule has 3 nitrogen and oxygen atoms in total. The first-order valence-corrected chi connectivity index (χ1v) is 6.38. The highest BCUT2D eigenvalue weighted by Crippen LogP contribution is 2.49. The number of methoxy groups -OCH3 is 2. The molecular weight excluding hydrogens is 226 g/mol. The summed E-state index contributed by atoms with van der Waals surface area (Å²) in [6.45, 7) is 6.50. The van der Waals surface area contributed by atoms with Crippen LogP contribution in [-0.2, 0) is 11.0 Å². The molecule has 1 saturated carbocycles. The van der Waals surface area contributed by atoms with E-state index in [1.807, 2.05) is 6.07 Å². The molecule has 18 heavy (non-hydrogen) atoms. The Morgan fingerprint density at radius 2 is 1.61 bits per heavy atom. The second kappa shape index (κ2) is 4.16. The van der Waals surface area contributed by atoms with Crippen LogP contribution in [0.5, 0.6) is 11.5 Å². The molecule has 0 aliphatic heterocycles. The smallest absolute Gasteiger partial charge is 0.124 e. The predicted molar refractivity (Wildman–Crippen MR) is 73.3 cm³/mol. The number of benzene rings is 1. The van der Waals surface area contributed by atoms with Crippen LogP contribution in [0, 0.1) is 0 Å². The highest BCUT2D eigenvalue weighted by Gasteiger charge is 2.43. The molecule has 1 aliphatic carbocycles. The monoisotopic (exact) mass is 249 g/mol. The maximum absolute atomic E-state index is 6.29. The fourth-order valence-corrected chi connectivity index (χ4v) is 2.28. The predicted octanol–water partition coefficient (Wildman–Crippen LogP) is 2.95. The summed E-state index contributed by atoms with van der Waals surface area (Å²) in [5, 5.41) is 0. The van der Waals surface area contributed by atoms with Crippen molar-refractivity contribution in [3.8, 4) is 11.5 Å². The van der Waals surface area contributed by atoms with Gasteiger partial charge < -0.3 is 15.2 Å². The van der Waals surface area contributed by atoms with Crippen LogP contribution >= 0.6 is 0 Å². The first kappa shape index (κ1) is 13.2. The molecule has 1 aromatic rings. The summed E-state index contributed by atoms with van der Waals surface area (Å²) in [6, 6.07) is 4.12. The highest BCUT2D eigenvalue weighted by molar-refractivity contribution is 5.53. The first-order chi connectivity index (χ1) is 8.31. The van der Waals surface area contributed by atoms with Crippen LogP contribution in [0.1, 0.15) is 44.7 Å². The van der Waals surface area contributed by atoms with E-state index < -0.39 is 0 Å².